The number of ether oxygens (including phenoxy) is 1. The Morgan fingerprint density at radius 1 is 1.42 bits per heavy atom. The Morgan fingerprint density at radius 3 is 2.68 bits per heavy atom. The summed E-state index contributed by atoms with van der Waals surface area (Å²) < 4.78 is 42.4. The maximum Gasteiger partial charge on any atom is 0.406 e. The Kier molecular flexibility index (Phi) is 3.43. The second kappa shape index (κ2) is 4.75. The molecule has 1 aliphatic heterocycles. The van der Waals surface area contributed by atoms with Crippen molar-refractivity contribution in [2.45, 2.75) is 25.6 Å². The first-order valence-electron chi connectivity index (χ1n) is 5.84. The Morgan fingerprint density at radius 2 is 2.11 bits per heavy atom. The summed E-state index contributed by atoms with van der Waals surface area (Å²) in [6.45, 7) is 0.373. The summed E-state index contributed by atoms with van der Waals surface area (Å²) in [4.78, 5) is 12.8. The summed E-state index contributed by atoms with van der Waals surface area (Å²) in [5.74, 6) is -0.473. The lowest BCUT2D eigenvalue weighted by Gasteiger charge is -2.33. The Hall–Kier alpha value is -1.72. The zero-order valence-corrected chi connectivity index (χ0v) is 10.6. The summed E-state index contributed by atoms with van der Waals surface area (Å²) in [5.41, 5.74) is 1.47. The maximum atomic E-state index is 12.4. The van der Waals surface area contributed by atoms with Gasteiger partial charge in [0.15, 0.2) is 0 Å². The van der Waals surface area contributed by atoms with Gasteiger partial charge < -0.3 is 9.64 Å². The smallest absolute Gasteiger partial charge is 0.406 e. The molecule has 6 heteroatoms. The number of nitrogens with zero attached hydrogens (tertiary/aromatic N) is 1. The van der Waals surface area contributed by atoms with Crippen molar-refractivity contribution in [2.24, 2.45) is 0 Å². The van der Waals surface area contributed by atoms with Gasteiger partial charge in [-0.05, 0) is 30.2 Å². The highest BCUT2D eigenvalue weighted by molar-refractivity contribution is 5.85. The molecule has 1 unspecified atom stereocenters. The first kappa shape index (κ1) is 13.7. The Balaban J connectivity index is 2.32. The van der Waals surface area contributed by atoms with Gasteiger partial charge in [0.05, 0.1) is 13.0 Å². The predicted octanol–water partition coefficient (Wildman–Crippen LogP) is 2.70. The van der Waals surface area contributed by atoms with E-state index in [4.69, 9.17) is 4.74 Å². The van der Waals surface area contributed by atoms with E-state index in [0.29, 0.717) is 11.3 Å². The van der Waals surface area contributed by atoms with Crippen LogP contribution in [0.2, 0.25) is 0 Å². The van der Waals surface area contributed by atoms with Crippen molar-refractivity contribution < 1.29 is 22.7 Å². The average Bonchev–Trinajstić information content (AvgIpc) is 2.33. The van der Waals surface area contributed by atoms with Gasteiger partial charge in [0, 0.05) is 6.54 Å². The van der Waals surface area contributed by atoms with Crippen molar-refractivity contribution in [1.29, 1.82) is 0 Å². The van der Waals surface area contributed by atoms with Crippen LogP contribution in [0.15, 0.2) is 18.2 Å². The van der Waals surface area contributed by atoms with Crippen LogP contribution in [0.25, 0.3) is 0 Å². The average molecular weight is 273 g/mol. The summed E-state index contributed by atoms with van der Waals surface area (Å²) in [5, 5.41) is 0. The largest absolute Gasteiger partial charge is 0.497 e. The molecule has 1 aromatic carbocycles. The van der Waals surface area contributed by atoms with Crippen LogP contribution in [-0.2, 0) is 11.3 Å². The summed E-state index contributed by atoms with van der Waals surface area (Å²) >= 11 is 0. The van der Waals surface area contributed by atoms with Gasteiger partial charge in [-0.2, -0.15) is 13.2 Å². The van der Waals surface area contributed by atoms with Crippen LogP contribution in [0.3, 0.4) is 0 Å². The number of methoxy groups -OCH3 is 1. The molecule has 104 valence electrons. The third-order valence-corrected chi connectivity index (χ3v) is 3.23. The van der Waals surface area contributed by atoms with E-state index in [0.717, 1.165) is 10.5 Å². The molecule has 0 N–H and O–H groups in total. The zero-order valence-electron chi connectivity index (χ0n) is 10.6. The lowest BCUT2D eigenvalue weighted by Crippen LogP contribution is -2.43. The first-order valence-corrected chi connectivity index (χ1v) is 5.84. The lowest BCUT2D eigenvalue weighted by atomic mass is 9.90. The number of halogens is 3. The quantitative estimate of drug-likeness (QED) is 0.829. The van der Waals surface area contributed by atoms with Crippen LogP contribution in [0.1, 0.15) is 24.0 Å². The van der Waals surface area contributed by atoms with Crippen molar-refractivity contribution in [3.05, 3.63) is 29.3 Å². The summed E-state index contributed by atoms with van der Waals surface area (Å²) in [6, 6.07) is 5.13. The predicted molar refractivity (Wildman–Crippen MR) is 62.9 cm³/mol. The number of carbonyl (C=O) groups excluding carboxylic acids is 1. The van der Waals surface area contributed by atoms with Crippen LogP contribution in [0, 0.1) is 0 Å². The number of benzene rings is 1. The highest BCUT2D eigenvalue weighted by Crippen LogP contribution is 2.33. The van der Waals surface area contributed by atoms with E-state index in [-0.39, 0.29) is 6.54 Å². The molecule has 0 bridgehead atoms. The monoisotopic (exact) mass is 273 g/mol. The number of hydrogen-bond acceptors (Lipinski definition) is 2. The second-order valence-corrected chi connectivity index (χ2v) is 4.60. The minimum absolute atomic E-state index is 0.0325. The molecule has 1 amide bonds. The van der Waals surface area contributed by atoms with Gasteiger partial charge in [0.1, 0.15) is 12.3 Å². The van der Waals surface area contributed by atoms with Gasteiger partial charge in [-0.3, -0.25) is 4.79 Å². The van der Waals surface area contributed by atoms with Crippen molar-refractivity contribution in [1.82, 2.24) is 4.90 Å². The number of carbonyl (C=O) groups is 1. The van der Waals surface area contributed by atoms with Gasteiger partial charge in [-0.15, -0.1) is 0 Å². The fraction of sp³-hybridized carbons (Fsp3) is 0.462. The molecule has 3 nitrogen and oxygen atoms in total. The minimum Gasteiger partial charge on any atom is -0.497 e. The van der Waals surface area contributed by atoms with Gasteiger partial charge >= 0.3 is 6.18 Å². The summed E-state index contributed by atoms with van der Waals surface area (Å²) in [7, 11) is 1.49. The Labute approximate surface area is 109 Å². The van der Waals surface area contributed by atoms with Crippen LogP contribution in [-0.4, -0.2) is 30.6 Å². The fourth-order valence-electron chi connectivity index (χ4n) is 2.31. The molecule has 1 heterocycles. The molecule has 0 aliphatic carbocycles. The highest BCUT2D eigenvalue weighted by atomic mass is 19.4. The van der Waals surface area contributed by atoms with Crippen molar-refractivity contribution in [2.75, 3.05) is 13.7 Å². The maximum absolute atomic E-state index is 12.4. The van der Waals surface area contributed by atoms with Crippen LogP contribution in [0.5, 0.6) is 5.75 Å². The fourth-order valence-corrected chi connectivity index (χ4v) is 2.31. The van der Waals surface area contributed by atoms with Crippen molar-refractivity contribution >= 4 is 5.91 Å². The normalized spacial score (nSPS) is 19.3. The van der Waals surface area contributed by atoms with Crippen molar-refractivity contribution in [3.63, 3.8) is 0 Å². The number of fused-ring (bicyclic) bond motifs is 1. The molecular formula is C13H14F3NO2. The van der Waals surface area contributed by atoms with Gasteiger partial charge in [-0.1, -0.05) is 6.07 Å². The molecule has 0 saturated carbocycles. The van der Waals surface area contributed by atoms with E-state index in [1.165, 1.54) is 7.11 Å². The number of alkyl halides is 3. The van der Waals surface area contributed by atoms with Gasteiger partial charge in [0.2, 0.25) is 5.91 Å². The van der Waals surface area contributed by atoms with Crippen molar-refractivity contribution in [3.8, 4) is 5.75 Å². The molecule has 0 spiro atoms. The van der Waals surface area contributed by atoms with Crippen LogP contribution in [0.4, 0.5) is 13.2 Å². The molecule has 0 saturated heterocycles. The molecule has 19 heavy (non-hydrogen) atoms. The van der Waals surface area contributed by atoms with Crippen LogP contribution >= 0.6 is 0 Å². The number of rotatable bonds is 2. The number of amides is 1. The lowest BCUT2D eigenvalue weighted by molar-refractivity contribution is -0.164. The minimum atomic E-state index is -4.38. The molecule has 0 radical (unpaired) electrons. The second-order valence-electron chi connectivity index (χ2n) is 4.60. The molecule has 1 atom stereocenters. The topological polar surface area (TPSA) is 29.5 Å². The Bertz CT molecular complexity index is 499. The molecule has 0 aromatic heterocycles. The highest BCUT2D eigenvalue weighted by Gasteiger charge is 2.37. The number of hydrogen-bond donors (Lipinski definition) is 0. The summed E-state index contributed by atoms with van der Waals surface area (Å²) in [6.07, 6.45) is -4.38. The van der Waals surface area contributed by atoms with E-state index in [1.54, 1.807) is 25.1 Å². The van der Waals surface area contributed by atoms with E-state index in [2.05, 4.69) is 0 Å². The zero-order chi connectivity index (χ0) is 14.2. The van der Waals surface area contributed by atoms with E-state index in [1.807, 2.05) is 0 Å². The molecule has 1 aliphatic rings. The standard InChI is InChI=1S/C13H14F3NO2/c1-8-11-4-3-10(19-2)5-9(11)6-17(12(8)18)7-13(14,15)16/h3-5,8H,6-7H2,1-2H3. The van der Waals surface area contributed by atoms with E-state index < -0.39 is 24.5 Å². The van der Waals surface area contributed by atoms with Crippen LogP contribution < -0.4 is 4.74 Å². The SMILES string of the molecule is COc1ccc2c(c1)CN(CC(F)(F)F)C(=O)C2C. The van der Waals surface area contributed by atoms with Gasteiger partial charge in [-0.25, -0.2) is 0 Å². The molecule has 0 fully saturated rings. The van der Waals surface area contributed by atoms with E-state index in [9.17, 15) is 18.0 Å². The molecule has 1 aromatic rings. The van der Waals surface area contributed by atoms with E-state index >= 15 is 0 Å². The van der Waals surface area contributed by atoms with Gasteiger partial charge in [0.25, 0.3) is 0 Å². The first-order chi connectivity index (χ1) is 8.81. The third kappa shape index (κ3) is 2.83. The molecular weight excluding hydrogens is 259 g/mol. The third-order valence-electron chi connectivity index (χ3n) is 3.23. The molecule has 2 rings (SSSR count).